The summed E-state index contributed by atoms with van der Waals surface area (Å²) in [4.78, 5) is 0. The van der Waals surface area contributed by atoms with Gasteiger partial charge in [0.2, 0.25) is 0 Å². The lowest BCUT2D eigenvalue weighted by molar-refractivity contribution is 0.244. The van der Waals surface area contributed by atoms with Crippen LogP contribution in [0.25, 0.3) is 0 Å². The SMILES string of the molecule is Cc1ccc(C2(CN)CCC2)nn1. The maximum absolute atomic E-state index is 5.77. The second-order valence-corrected chi connectivity index (χ2v) is 3.90. The average Bonchev–Trinajstić information content (AvgIpc) is 2.07. The summed E-state index contributed by atoms with van der Waals surface area (Å²) in [6.07, 6.45) is 3.61. The first-order chi connectivity index (χ1) is 6.27. The van der Waals surface area contributed by atoms with Crippen LogP contribution in [0.1, 0.15) is 30.7 Å². The van der Waals surface area contributed by atoms with Gasteiger partial charge in [0.25, 0.3) is 0 Å². The van der Waals surface area contributed by atoms with E-state index >= 15 is 0 Å². The summed E-state index contributed by atoms with van der Waals surface area (Å²) < 4.78 is 0. The molecule has 0 aromatic carbocycles. The lowest BCUT2D eigenvalue weighted by Gasteiger charge is -2.39. The summed E-state index contributed by atoms with van der Waals surface area (Å²) in [6, 6.07) is 4.08. The Morgan fingerprint density at radius 1 is 1.38 bits per heavy atom. The Morgan fingerprint density at radius 3 is 2.54 bits per heavy atom. The Labute approximate surface area is 78.4 Å². The molecule has 0 aliphatic heterocycles. The third-order valence-electron chi connectivity index (χ3n) is 3.04. The van der Waals surface area contributed by atoms with Crippen molar-refractivity contribution >= 4 is 0 Å². The molecule has 1 aromatic rings. The minimum absolute atomic E-state index is 0.153. The first-order valence-corrected chi connectivity index (χ1v) is 4.78. The number of nitrogens with two attached hydrogens (primary N) is 1. The molecule has 0 amide bonds. The summed E-state index contributed by atoms with van der Waals surface area (Å²) in [6.45, 7) is 2.65. The second-order valence-electron chi connectivity index (χ2n) is 3.90. The van der Waals surface area contributed by atoms with Crippen LogP contribution in [0.2, 0.25) is 0 Å². The summed E-state index contributed by atoms with van der Waals surface area (Å²) in [5.74, 6) is 0. The van der Waals surface area contributed by atoms with E-state index in [4.69, 9.17) is 5.73 Å². The summed E-state index contributed by atoms with van der Waals surface area (Å²) in [7, 11) is 0. The Morgan fingerprint density at radius 2 is 2.15 bits per heavy atom. The van der Waals surface area contributed by atoms with Gasteiger partial charge < -0.3 is 5.73 Å². The molecule has 1 heterocycles. The highest BCUT2D eigenvalue weighted by Crippen LogP contribution is 2.41. The number of aromatic nitrogens is 2. The molecular weight excluding hydrogens is 162 g/mol. The topological polar surface area (TPSA) is 51.8 Å². The molecule has 1 aliphatic carbocycles. The molecule has 0 spiro atoms. The molecule has 0 bridgehead atoms. The molecular formula is C10H15N3. The maximum atomic E-state index is 5.77. The van der Waals surface area contributed by atoms with Crippen LogP contribution in [0.4, 0.5) is 0 Å². The summed E-state index contributed by atoms with van der Waals surface area (Å²) in [5, 5.41) is 8.28. The van der Waals surface area contributed by atoms with E-state index in [9.17, 15) is 0 Å². The molecule has 0 radical (unpaired) electrons. The van der Waals surface area contributed by atoms with Crippen molar-refractivity contribution in [1.29, 1.82) is 0 Å². The highest BCUT2D eigenvalue weighted by atomic mass is 15.1. The van der Waals surface area contributed by atoms with Gasteiger partial charge in [-0.1, -0.05) is 6.42 Å². The van der Waals surface area contributed by atoms with Crippen LogP contribution in [0, 0.1) is 6.92 Å². The highest BCUT2D eigenvalue weighted by Gasteiger charge is 2.38. The van der Waals surface area contributed by atoms with Crippen LogP contribution in [-0.4, -0.2) is 16.7 Å². The zero-order valence-corrected chi connectivity index (χ0v) is 7.95. The number of nitrogens with zero attached hydrogens (tertiary/aromatic N) is 2. The van der Waals surface area contributed by atoms with E-state index in [2.05, 4.69) is 16.3 Å². The second kappa shape index (κ2) is 3.07. The van der Waals surface area contributed by atoms with Gasteiger partial charge in [-0.25, -0.2) is 0 Å². The van der Waals surface area contributed by atoms with E-state index in [0.717, 1.165) is 11.4 Å². The van der Waals surface area contributed by atoms with Crippen LogP contribution in [0.3, 0.4) is 0 Å². The fourth-order valence-corrected chi connectivity index (χ4v) is 1.85. The van der Waals surface area contributed by atoms with Crippen LogP contribution >= 0.6 is 0 Å². The van der Waals surface area contributed by atoms with E-state index in [1.54, 1.807) is 0 Å². The Hall–Kier alpha value is -0.960. The monoisotopic (exact) mass is 177 g/mol. The molecule has 0 atom stereocenters. The number of hydrogen-bond acceptors (Lipinski definition) is 3. The molecule has 13 heavy (non-hydrogen) atoms. The molecule has 1 fully saturated rings. The van der Waals surface area contributed by atoms with E-state index in [0.29, 0.717) is 6.54 Å². The number of aryl methyl sites for hydroxylation is 1. The van der Waals surface area contributed by atoms with Crippen LogP contribution in [0.15, 0.2) is 12.1 Å². The van der Waals surface area contributed by atoms with Crippen molar-refractivity contribution in [1.82, 2.24) is 10.2 Å². The van der Waals surface area contributed by atoms with Gasteiger partial charge in [-0.15, -0.1) is 0 Å². The van der Waals surface area contributed by atoms with Crippen LogP contribution in [-0.2, 0) is 5.41 Å². The molecule has 3 heteroatoms. The van der Waals surface area contributed by atoms with Crippen molar-refractivity contribution in [3.8, 4) is 0 Å². The van der Waals surface area contributed by atoms with E-state index in [-0.39, 0.29) is 5.41 Å². The minimum atomic E-state index is 0.153. The molecule has 1 aliphatic rings. The lowest BCUT2D eigenvalue weighted by atomic mass is 9.66. The van der Waals surface area contributed by atoms with Gasteiger partial charge in [0, 0.05) is 12.0 Å². The zero-order chi connectivity index (χ0) is 9.31. The van der Waals surface area contributed by atoms with Crippen molar-refractivity contribution in [2.75, 3.05) is 6.54 Å². The molecule has 3 nitrogen and oxygen atoms in total. The molecule has 0 saturated heterocycles. The minimum Gasteiger partial charge on any atom is -0.330 e. The Balaban J connectivity index is 2.28. The maximum Gasteiger partial charge on any atom is 0.0705 e. The van der Waals surface area contributed by atoms with Crippen molar-refractivity contribution in [3.63, 3.8) is 0 Å². The number of hydrogen-bond donors (Lipinski definition) is 1. The normalized spacial score (nSPS) is 19.5. The lowest BCUT2D eigenvalue weighted by Crippen LogP contribution is -2.42. The third kappa shape index (κ3) is 1.33. The van der Waals surface area contributed by atoms with Crippen LogP contribution in [0.5, 0.6) is 0 Å². The average molecular weight is 177 g/mol. The van der Waals surface area contributed by atoms with Gasteiger partial charge in [-0.05, 0) is 31.9 Å². The van der Waals surface area contributed by atoms with Gasteiger partial charge in [-0.2, -0.15) is 10.2 Å². The predicted octanol–water partition coefficient (Wildman–Crippen LogP) is 1.17. The Bertz CT molecular complexity index is 282. The third-order valence-corrected chi connectivity index (χ3v) is 3.04. The summed E-state index contributed by atoms with van der Waals surface area (Å²) in [5.41, 5.74) is 7.97. The Kier molecular flexibility index (Phi) is 2.04. The van der Waals surface area contributed by atoms with E-state index in [1.807, 2.05) is 13.0 Å². The molecule has 0 unspecified atom stereocenters. The zero-order valence-electron chi connectivity index (χ0n) is 7.95. The van der Waals surface area contributed by atoms with Crippen molar-refractivity contribution < 1.29 is 0 Å². The van der Waals surface area contributed by atoms with Crippen molar-refractivity contribution in [2.24, 2.45) is 5.73 Å². The quantitative estimate of drug-likeness (QED) is 0.737. The highest BCUT2D eigenvalue weighted by molar-refractivity contribution is 5.20. The van der Waals surface area contributed by atoms with E-state index in [1.165, 1.54) is 19.3 Å². The largest absolute Gasteiger partial charge is 0.330 e. The summed E-state index contributed by atoms with van der Waals surface area (Å²) >= 11 is 0. The van der Waals surface area contributed by atoms with Crippen molar-refractivity contribution in [3.05, 3.63) is 23.5 Å². The molecule has 1 aromatic heterocycles. The van der Waals surface area contributed by atoms with Gasteiger partial charge in [0.15, 0.2) is 0 Å². The van der Waals surface area contributed by atoms with Gasteiger partial charge >= 0.3 is 0 Å². The molecule has 2 N–H and O–H groups in total. The van der Waals surface area contributed by atoms with Gasteiger partial charge in [-0.3, -0.25) is 0 Å². The molecule has 2 rings (SSSR count). The molecule has 70 valence electrons. The first-order valence-electron chi connectivity index (χ1n) is 4.78. The fourth-order valence-electron chi connectivity index (χ4n) is 1.85. The smallest absolute Gasteiger partial charge is 0.0705 e. The van der Waals surface area contributed by atoms with Gasteiger partial charge in [0.05, 0.1) is 11.4 Å². The first kappa shape index (κ1) is 8.63. The fraction of sp³-hybridized carbons (Fsp3) is 0.600. The number of rotatable bonds is 2. The van der Waals surface area contributed by atoms with Crippen LogP contribution < -0.4 is 5.73 Å². The molecule has 1 saturated carbocycles. The van der Waals surface area contributed by atoms with E-state index < -0.39 is 0 Å². The predicted molar refractivity (Wildman–Crippen MR) is 51.4 cm³/mol. The standard InChI is InChI=1S/C10H15N3/c1-8-3-4-9(13-12-8)10(7-11)5-2-6-10/h3-4H,2,5-7,11H2,1H3. The van der Waals surface area contributed by atoms with Crippen molar-refractivity contribution in [2.45, 2.75) is 31.6 Å². The van der Waals surface area contributed by atoms with Gasteiger partial charge in [0.1, 0.15) is 0 Å².